The summed E-state index contributed by atoms with van der Waals surface area (Å²) in [5.41, 5.74) is 0.228. The maximum Gasteiger partial charge on any atom is 0.328 e. The molecule has 1 aliphatic carbocycles. The first-order valence-electron chi connectivity index (χ1n) is 9.54. The first-order valence-corrected chi connectivity index (χ1v) is 9.54. The van der Waals surface area contributed by atoms with Gasteiger partial charge < -0.3 is 20.5 Å². The third-order valence-electron chi connectivity index (χ3n) is 4.89. The molecule has 154 valence electrons. The Morgan fingerprint density at radius 1 is 1.18 bits per heavy atom. The highest BCUT2D eigenvalue weighted by molar-refractivity contribution is 5.91. The Morgan fingerprint density at radius 2 is 1.79 bits per heavy atom. The van der Waals surface area contributed by atoms with Crippen LogP contribution in [0.15, 0.2) is 30.3 Å². The van der Waals surface area contributed by atoms with Gasteiger partial charge in [0, 0.05) is 12.5 Å². The Bertz CT molecular complexity index is 694. The Labute approximate surface area is 165 Å². The molecule has 0 aromatic heterocycles. The van der Waals surface area contributed by atoms with Crippen LogP contribution < -0.4 is 10.6 Å². The first kappa shape index (κ1) is 21.9. The molecule has 0 spiro atoms. The van der Waals surface area contributed by atoms with Gasteiger partial charge in [0.1, 0.15) is 12.1 Å². The zero-order valence-corrected chi connectivity index (χ0v) is 16.9. The third-order valence-corrected chi connectivity index (χ3v) is 4.89. The van der Waals surface area contributed by atoms with Crippen LogP contribution in [0.25, 0.3) is 0 Å². The smallest absolute Gasteiger partial charge is 0.328 e. The summed E-state index contributed by atoms with van der Waals surface area (Å²) in [6, 6.07) is 7.59. The van der Waals surface area contributed by atoms with Crippen LogP contribution in [0.2, 0.25) is 0 Å². The van der Waals surface area contributed by atoms with E-state index in [-0.39, 0.29) is 12.5 Å². The quantitative estimate of drug-likeness (QED) is 0.555. The van der Waals surface area contributed by atoms with Crippen LogP contribution in [0.3, 0.4) is 0 Å². The second kappa shape index (κ2) is 9.19. The lowest BCUT2D eigenvalue weighted by atomic mass is 9.75. The molecule has 2 rings (SSSR count). The molecule has 1 unspecified atom stereocenters. The van der Waals surface area contributed by atoms with E-state index in [2.05, 4.69) is 10.6 Å². The predicted molar refractivity (Wildman–Crippen MR) is 105 cm³/mol. The lowest BCUT2D eigenvalue weighted by Crippen LogP contribution is -2.58. The summed E-state index contributed by atoms with van der Waals surface area (Å²) in [5.74, 6) is -3.05. The van der Waals surface area contributed by atoms with Crippen molar-refractivity contribution >= 4 is 17.8 Å². The SMILES string of the molecule is COC(=O)[C@H](Cc1ccccc1)NC(=O)[C@@H](NC1CC1)C(C(=O)O)C(C)(C)C. The van der Waals surface area contributed by atoms with Crippen molar-refractivity contribution in [3.8, 4) is 0 Å². The number of carbonyl (C=O) groups is 3. The fraction of sp³-hybridized carbons (Fsp3) is 0.571. The molecule has 0 heterocycles. The number of carboxylic acids is 1. The highest BCUT2D eigenvalue weighted by atomic mass is 16.5. The second-order valence-electron chi connectivity index (χ2n) is 8.37. The minimum absolute atomic E-state index is 0.130. The molecule has 1 aliphatic rings. The molecule has 0 bridgehead atoms. The lowest BCUT2D eigenvalue weighted by Gasteiger charge is -2.34. The molecule has 3 N–H and O–H groups in total. The van der Waals surface area contributed by atoms with Gasteiger partial charge in [0.25, 0.3) is 0 Å². The van der Waals surface area contributed by atoms with Gasteiger partial charge in [0.2, 0.25) is 5.91 Å². The van der Waals surface area contributed by atoms with Crippen LogP contribution in [-0.2, 0) is 25.5 Å². The minimum atomic E-state index is -1.04. The van der Waals surface area contributed by atoms with Crippen LogP contribution in [0.4, 0.5) is 0 Å². The molecular formula is C21H30N2O5. The molecule has 7 heteroatoms. The number of benzene rings is 1. The summed E-state index contributed by atoms with van der Waals surface area (Å²) in [5, 5.41) is 15.7. The maximum absolute atomic E-state index is 13.1. The number of carboxylic acid groups (broad SMARTS) is 1. The van der Waals surface area contributed by atoms with E-state index >= 15 is 0 Å². The van der Waals surface area contributed by atoms with E-state index in [0.29, 0.717) is 0 Å². The maximum atomic E-state index is 13.1. The fourth-order valence-electron chi connectivity index (χ4n) is 3.29. The number of rotatable bonds is 9. The number of nitrogens with one attached hydrogen (secondary N) is 2. The zero-order valence-electron chi connectivity index (χ0n) is 16.9. The molecule has 0 saturated heterocycles. The number of hydrogen-bond donors (Lipinski definition) is 3. The zero-order chi connectivity index (χ0) is 20.9. The van der Waals surface area contributed by atoms with E-state index in [9.17, 15) is 19.5 Å². The first-order chi connectivity index (χ1) is 13.1. The summed E-state index contributed by atoms with van der Waals surface area (Å²) >= 11 is 0. The van der Waals surface area contributed by atoms with Crippen molar-refractivity contribution in [2.45, 2.75) is 58.2 Å². The number of carbonyl (C=O) groups excluding carboxylic acids is 2. The summed E-state index contributed by atoms with van der Waals surface area (Å²) < 4.78 is 4.84. The van der Waals surface area contributed by atoms with E-state index in [1.165, 1.54) is 7.11 Å². The van der Waals surface area contributed by atoms with Crippen LogP contribution >= 0.6 is 0 Å². The average Bonchev–Trinajstić information content (AvgIpc) is 3.43. The number of hydrogen-bond acceptors (Lipinski definition) is 5. The normalized spacial score (nSPS) is 17.3. The monoisotopic (exact) mass is 390 g/mol. The van der Waals surface area contributed by atoms with Crippen molar-refractivity contribution in [3.63, 3.8) is 0 Å². The van der Waals surface area contributed by atoms with Gasteiger partial charge in [-0.05, 0) is 23.8 Å². The van der Waals surface area contributed by atoms with Crippen LogP contribution in [0.5, 0.6) is 0 Å². The lowest BCUT2D eigenvalue weighted by molar-refractivity contribution is -0.151. The van der Waals surface area contributed by atoms with Crippen LogP contribution in [-0.4, -0.2) is 48.2 Å². The molecule has 1 saturated carbocycles. The summed E-state index contributed by atoms with van der Waals surface area (Å²) in [6.07, 6.45) is 2.08. The number of methoxy groups -OCH3 is 1. The molecule has 28 heavy (non-hydrogen) atoms. The van der Waals surface area contributed by atoms with Crippen molar-refractivity contribution < 1.29 is 24.2 Å². The third kappa shape index (κ3) is 6.05. The highest BCUT2D eigenvalue weighted by Gasteiger charge is 2.44. The molecule has 7 nitrogen and oxygen atoms in total. The summed E-state index contributed by atoms with van der Waals surface area (Å²) in [6.45, 7) is 5.38. The number of ether oxygens (including phenoxy) is 1. The number of esters is 1. The van der Waals surface area contributed by atoms with Crippen molar-refractivity contribution in [2.75, 3.05) is 7.11 Å². The van der Waals surface area contributed by atoms with Crippen molar-refractivity contribution in [3.05, 3.63) is 35.9 Å². The topological polar surface area (TPSA) is 105 Å². The van der Waals surface area contributed by atoms with E-state index < -0.39 is 41.3 Å². The van der Waals surface area contributed by atoms with E-state index in [4.69, 9.17) is 4.74 Å². The van der Waals surface area contributed by atoms with Gasteiger partial charge in [-0.15, -0.1) is 0 Å². The van der Waals surface area contributed by atoms with Gasteiger partial charge in [-0.2, -0.15) is 0 Å². The number of amides is 1. The molecule has 1 aromatic carbocycles. The second-order valence-corrected chi connectivity index (χ2v) is 8.37. The Kier molecular flexibility index (Phi) is 7.18. The predicted octanol–water partition coefficient (Wildman–Crippen LogP) is 1.75. The molecule has 1 aromatic rings. The van der Waals surface area contributed by atoms with Gasteiger partial charge in [-0.3, -0.25) is 9.59 Å². The van der Waals surface area contributed by atoms with Gasteiger partial charge in [-0.25, -0.2) is 4.79 Å². The average molecular weight is 390 g/mol. The Hall–Kier alpha value is -2.41. The molecule has 0 aliphatic heterocycles. The van der Waals surface area contributed by atoms with Gasteiger partial charge in [0.15, 0.2) is 0 Å². The molecule has 3 atom stereocenters. The van der Waals surface area contributed by atoms with Crippen LogP contribution in [0.1, 0.15) is 39.2 Å². The fourth-order valence-corrected chi connectivity index (χ4v) is 3.29. The summed E-state index contributed by atoms with van der Waals surface area (Å²) in [7, 11) is 1.27. The Morgan fingerprint density at radius 3 is 2.25 bits per heavy atom. The van der Waals surface area contributed by atoms with Gasteiger partial charge in [-0.1, -0.05) is 51.1 Å². The largest absolute Gasteiger partial charge is 0.481 e. The van der Waals surface area contributed by atoms with Crippen molar-refractivity contribution in [1.82, 2.24) is 10.6 Å². The van der Waals surface area contributed by atoms with E-state index in [0.717, 1.165) is 18.4 Å². The van der Waals surface area contributed by atoms with Crippen molar-refractivity contribution in [1.29, 1.82) is 0 Å². The van der Waals surface area contributed by atoms with Crippen molar-refractivity contribution in [2.24, 2.45) is 11.3 Å². The molecule has 1 amide bonds. The standard InChI is InChI=1S/C21H30N2O5/c1-21(2,3)16(19(25)26)17(22-14-10-11-14)18(24)23-15(20(27)28-4)12-13-8-6-5-7-9-13/h5-9,14-17,22H,10-12H2,1-4H3,(H,23,24)(H,25,26)/t15-,16?,17-/m0/s1. The van der Waals surface area contributed by atoms with Gasteiger partial charge >= 0.3 is 11.9 Å². The minimum Gasteiger partial charge on any atom is -0.481 e. The van der Waals surface area contributed by atoms with Gasteiger partial charge in [0.05, 0.1) is 13.0 Å². The van der Waals surface area contributed by atoms with E-state index in [1.54, 1.807) is 20.8 Å². The van der Waals surface area contributed by atoms with Crippen LogP contribution in [0, 0.1) is 11.3 Å². The highest BCUT2D eigenvalue weighted by Crippen LogP contribution is 2.31. The summed E-state index contributed by atoms with van der Waals surface area (Å²) in [4.78, 5) is 37.3. The number of aliphatic carboxylic acids is 1. The molecule has 1 fully saturated rings. The molecule has 0 radical (unpaired) electrons. The molecular weight excluding hydrogens is 360 g/mol. The Balaban J connectivity index is 2.22. The van der Waals surface area contributed by atoms with E-state index in [1.807, 2.05) is 30.3 Å².